The highest BCUT2D eigenvalue weighted by Gasteiger charge is 2.19. The Labute approximate surface area is 147 Å². The van der Waals surface area contributed by atoms with Gasteiger partial charge in [-0.05, 0) is 30.3 Å². The van der Waals surface area contributed by atoms with Gasteiger partial charge in [0.1, 0.15) is 13.2 Å². The first-order chi connectivity index (χ1) is 12.9. The zero-order valence-electron chi connectivity index (χ0n) is 13.5. The number of fused-ring (bicyclic) bond motifs is 1. The molecule has 0 saturated carbocycles. The summed E-state index contributed by atoms with van der Waals surface area (Å²) in [4.78, 5) is 0. The summed E-state index contributed by atoms with van der Waals surface area (Å²) in [5, 5.41) is 16.1. The molecule has 0 bridgehead atoms. The fraction of sp³-hybridized carbons (Fsp3) is 0.111. The highest BCUT2D eigenvalue weighted by Crippen LogP contribution is 2.34. The third-order valence-electron chi connectivity index (χ3n) is 3.84. The second-order valence-corrected chi connectivity index (χ2v) is 5.55. The van der Waals surface area contributed by atoms with Gasteiger partial charge in [-0.15, -0.1) is 20.4 Å². The van der Waals surface area contributed by atoms with E-state index in [-0.39, 0.29) is 11.8 Å². The Balaban J connectivity index is 1.45. The molecule has 8 nitrogen and oxygen atoms in total. The minimum Gasteiger partial charge on any atom is -0.486 e. The number of ether oxygens (including phenoxy) is 2. The van der Waals surface area contributed by atoms with Crippen molar-refractivity contribution in [3.63, 3.8) is 0 Å². The molecular formula is C18H12N4O4. The maximum Gasteiger partial charge on any atom is 0.306 e. The van der Waals surface area contributed by atoms with Crippen LogP contribution in [0, 0.1) is 0 Å². The molecule has 0 N–H and O–H groups in total. The van der Waals surface area contributed by atoms with Crippen molar-refractivity contribution in [2.45, 2.75) is 0 Å². The zero-order chi connectivity index (χ0) is 17.3. The Bertz CT molecular complexity index is 1060. The molecule has 1 aliphatic heterocycles. The number of aromatic nitrogens is 4. The molecule has 0 fully saturated rings. The van der Waals surface area contributed by atoms with E-state index in [0.29, 0.717) is 36.5 Å². The maximum absolute atomic E-state index is 5.68. The molecule has 0 spiro atoms. The smallest absolute Gasteiger partial charge is 0.306 e. The second-order valence-electron chi connectivity index (χ2n) is 5.55. The highest BCUT2D eigenvalue weighted by molar-refractivity contribution is 5.61. The molecule has 2 aromatic heterocycles. The third-order valence-corrected chi connectivity index (χ3v) is 3.84. The Kier molecular flexibility index (Phi) is 3.38. The van der Waals surface area contributed by atoms with Crippen LogP contribution in [0.4, 0.5) is 0 Å². The fourth-order valence-corrected chi connectivity index (χ4v) is 2.61. The molecule has 3 heterocycles. The average Bonchev–Trinajstić information content (AvgIpc) is 3.38. The van der Waals surface area contributed by atoms with Crippen LogP contribution in [0.2, 0.25) is 0 Å². The van der Waals surface area contributed by atoms with Gasteiger partial charge in [-0.1, -0.05) is 18.2 Å². The summed E-state index contributed by atoms with van der Waals surface area (Å²) in [7, 11) is 0. The van der Waals surface area contributed by atoms with Crippen LogP contribution in [0.5, 0.6) is 11.5 Å². The van der Waals surface area contributed by atoms with Crippen molar-refractivity contribution in [1.82, 2.24) is 20.4 Å². The Morgan fingerprint density at radius 1 is 0.577 bits per heavy atom. The van der Waals surface area contributed by atoms with Gasteiger partial charge in [0.2, 0.25) is 11.8 Å². The van der Waals surface area contributed by atoms with Gasteiger partial charge >= 0.3 is 11.8 Å². The van der Waals surface area contributed by atoms with E-state index in [1.54, 1.807) is 6.07 Å². The van der Waals surface area contributed by atoms with Crippen molar-refractivity contribution in [1.29, 1.82) is 0 Å². The summed E-state index contributed by atoms with van der Waals surface area (Å²) in [5.41, 5.74) is 1.54. The largest absolute Gasteiger partial charge is 0.486 e. The van der Waals surface area contributed by atoms with Crippen molar-refractivity contribution in [3.05, 3.63) is 48.5 Å². The lowest BCUT2D eigenvalue weighted by Gasteiger charge is -2.18. The molecule has 0 radical (unpaired) electrons. The second kappa shape index (κ2) is 5.99. The van der Waals surface area contributed by atoms with E-state index >= 15 is 0 Å². The van der Waals surface area contributed by atoms with E-state index in [1.165, 1.54) is 0 Å². The molecule has 0 atom stereocenters. The standard InChI is InChI=1S/C18H12N4O4/c1-2-4-11(5-3-1)15-19-21-17(25-15)18-22-20-16(26-18)12-6-7-13-14(10-12)24-9-8-23-13/h1-7,10H,8-9H2. The summed E-state index contributed by atoms with van der Waals surface area (Å²) in [5.74, 6) is 2.39. The molecule has 0 aliphatic carbocycles. The van der Waals surface area contributed by atoms with E-state index in [4.69, 9.17) is 18.3 Å². The Morgan fingerprint density at radius 3 is 1.92 bits per heavy atom. The van der Waals surface area contributed by atoms with Crippen LogP contribution >= 0.6 is 0 Å². The normalized spacial score (nSPS) is 12.9. The quantitative estimate of drug-likeness (QED) is 0.557. The first-order valence-electron chi connectivity index (χ1n) is 8.00. The first kappa shape index (κ1) is 14.6. The topological polar surface area (TPSA) is 96.3 Å². The molecule has 8 heteroatoms. The van der Waals surface area contributed by atoms with Crippen LogP contribution in [0.15, 0.2) is 57.4 Å². The number of hydrogen-bond acceptors (Lipinski definition) is 8. The number of rotatable bonds is 3. The van der Waals surface area contributed by atoms with Crippen LogP contribution in [0.25, 0.3) is 34.7 Å². The zero-order valence-corrected chi connectivity index (χ0v) is 13.5. The lowest BCUT2D eigenvalue weighted by Crippen LogP contribution is -2.15. The predicted octanol–water partition coefficient (Wildman–Crippen LogP) is 3.22. The third kappa shape index (κ3) is 2.57. The molecule has 0 saturated heterocycles. The van der Waals surface area contributed by atoms with Crippen molar-refractivity contribution < 1.29 is 18.3 Å². The van der Waals surface area contributed by atoms with Crippen molar-refractivity contribution in [2.24, 2.45) is 0 Å². The van der Waals surface area contributed by atoms with E-state index in [2.05, 4.69) is 20.4 Å². The van der Waals surface area contributed by atoms with Gasteiger partial charge in [-0.25, -0.2) is 0 Å². The Morgan fingerprint density at radius 2 is 1.19 bits per heavy atom. The van der Waals surface area contributed by atoms with E-state index < -0.39 is 0 Å². The molecule has 128 valence electrons. The van der Waals surface area contributed by atoms with Gasteiger partial charge in [0.15, 0.2) is 11.5 Å². The van der Waals surface area contributed by atoms with Gasteiger partial charge in [0.25, 0.3) is 0 Å². The molecule has 4 aromatic rings. The van der Waals surface area contributed by atoms with Gasteiger partial charge < -0.3 is 18.3 Å². The van der Waals surface area contributed by atoms with Gasteiger partial charge in [0.05, 0.1) is 0 Å². The average molecular weight is 348 g/mol. The summed E-state index contributed by atoms with van der Waals surface area (Å²) in [6.07, 6.45) is 0. The van der Waals surface area contributed by atoms with Crippen LogP contribution in [0.3, 0.4) is 0 Å². The maximum atomic E-state index is 5.68. The van der Waals surface area contributed by atoms with Crippen molar-refractivity contribution >= 4 is 0 Å². The molecule has 2 aromatic carbocycles. The Hall–Kier alpha value is -3.68. The van der Waals surface area contributed by atoms with E-state index in [0.717, 1.165) is 11.1 Å². The number of nitrogens with zero attached hydrogens (tertiary/aromatic N) is 4. The van der Waals surface area contributed by atoms with Gasteiger partial charge in [-0.3, -0.25) is 0 Å². The first-order valence-corrected chi connectivity index (χ1v) is 8.00. The lowest BCUT2D eigenvalue weighted by molar-refractivity contribution is 0.171. The molecule has 0 unspecified atom stereocenters. The molecule has 5 rings (SSSR count). The highest BCUT2D eigenvalue weighted by atomic mass is 16.6. The number of benzene rings is 2. The predicted molar refractivity (Wildman–Crippen MR) is 89.5 cm³/mol. The van der Waals surface area contributed by atoms with Gasteiger partial charge in [0, 0.05) is 11.1 Å². The molecule has 0 amide bonds. The molecule has 1 aliphatic rings. The van der Waals surface area contributed by atoms with Crippen LogP contribution in [-0.4, -0.2) is 33.6 Å². The van der Waals surface area contributed by atoms with E-state index in [1.807, 2.05) is 42.5 Å². The minimum atomic E-state index is 0.157. The molecular weight excluding hydrogens is 336 g/mol. The summed E-state index contributed by atoms with van der Waals surface area (Å²) >= 11 is 0. The number of hydrogen-bond donors (Lipinski definition) is 0. The molecule has 26 heavy (non-hydrogen) atoms. The lowest BCUT2D eigenvalue weighted by atomic mass is 10.2. The van der Waals surface area contributed by atoms with E-state index in [9.17, 15) is 0 Å². The van der Waals surface area contributed by atoms with Gasteiger partial charge in [-0.2, -0.15) is 0 Å². The van der Waals surface area contributed by atoms with Crippen molar-refractivity contribution in [3.8, 4) is 46.2 Å². The summed E-state index contributed by atoms with van der Waals surface area (Å²) in [6.45, 7) is 1.05. The summed E-state index contributed by atoms with van der Waals surface area (Å²) < 4.78 is 22.4. The minimum absolute atomic E-state index is 0.157. The van der Waals surface area contributed by atoms with Crippen LogP contribution < -0.4 is 9.47 Å². The van der Waals surface area contributed by atoms with Crippen LogP contribution in [0.1, 0.15) is 0 Å². The van der Waals surface area contributed by atoms with Crippen molar-refractivity contribution in [2.75, 3.05) is 13.2 Å². The summed E-state index contributed by atoms with van der Waals surface area (Å²) in [6, 6.07) is 14.9. The fourth-order valence-electron chi connectivity index (χ4n) is 2.61. The van der Waals surface area contributed by atoms with Crippen LogP contribution in [-0.2, 0) is 0 Å². The monoisotopic (exact) mass is 348 g/mol. The SMILES string of the molecule is c1ccc(-c2nnc(-c3nnc(-c4ccc5c(c4)OCCO5)o3)o2)cc1.